The van der Waals surface area contributed by atoms with E-state index in [2.05, 4.69) is 15.4 Å². The van der Waals surface area contributed by atoms with Gasteiger partial charge in [-0.05, 0) is 43.3 Å². The Morgan fingerprint density at radius 3 is 2.28 bits per heavy atom. The van der Waals surface area contributed by atoms with Crippen LogP contribution in [0.2, 0.25) is 0 Å². The van der Waals surface area contributed by atoms with Crippen LogP contribution >= 0.6 is 0 Å². The van der Waals surface area contributed by atoms with Gasteiger partial charge in [-0.1, -0.05) is 17.7 Å². The number of hydrogen-bond donors (Lipinski definition) is 1. The molecule has 1 amide bonds. The van der Waals surface area contributed by atoms with Crippen molar-refractivity contribution in [3.8, 4) is 5.69 Å². The van der Waals surface area contributed by atoms with Gasteiger partial charge in [0.1, 0.15) is 6.33 Å². The van der Waals surface area contributed by atoms with E-state index in [9.17, 15) is 18.0 Å². The number of rotatable bonds is 3. The molecule has 2 aromatic carbocycles. The van der Waals surface area contributed by atoms with E-state index in [1.54, 1.807) is 0 Å². The van der Waals surface area contributed by atoms with Gasteiger partial charge in [0.15, 0.2) is 0 Å². The summed E-state index contributed by atoms with van der Waals surface area (Å²) < 4.78 is 39.0. The van der Waals surface area contributed by atoms with Crippen LogP contribution < -0.4 is 5.32 Å². The van der Waals surface area contributed by atoms with Crippen LogP contribution in [0.4, 0.5) is 18.9 Å². The van der Waals surface area contributed by atoms with Gasteiger partial charge in [-0.3, -0.25) is 4.79 Å². The number of alkyl halides is 3. The molecule has 0 saturated carbocycles. The van der Waals surface area contributed by atoms with Crippen molar-refractivity contribution >= 4 is 11.6 Å². The number of nitrogens with zero attached hydrogens (tertiary/aromatic N) is 3. The Bertz CT molecular complexity index is 884. The standard InChI is InChI=1S/C17H13F3N4O/c1-11-2-8-14(9-3-11)24-10-21-15(23-24)16(25)22-13-6-4-12(5-7-13)17(18,19)20/h2-10H,1H3,(H,22,25). The summed E-state index contributed by atoms with van der Waals surface area (Å²) in [7, 11) is 0. The Morgan fingerprint density at radius 1 is 1.04 bits per heavy atom. The lowest BCUT2D eigenvalue weighted by Gasteiger charge is -2.07. The molecule has 0 spiro atoms. The summed E-state index contributed by atoms with van der Waals surface area (Å²) in [6, 6.07) is 11.6. The monoisotopic (exact) mass is 346 g/mol. The molecule has 0 aliphatic heterocycles. The van der Waals surface area contributed by atoms with Gasteiger partial charge >= 0.3 is 6.18 Å². The van der Waals surface area contributed by atoms with Crippen molar-refractivity contribution in [2.45, 2.75) is 13.1 Å². The first-order valence-electron chi connectivity index (χ1n) is 7.30. The fourth-order valence-corrected chi connectivity index (χ4v) is 2.12. The summed E-state index contributed by atoms with van der Waals surface area (Å²) in [4.78, 5) is 16.1. The molecule has 0 aliphatic carbocycles. The van der Waals surface area contributed by atoms with Crippen LogP contribution in [0.3, 0.4) is 0 Å². The van der Waals surface area contributed by atoms with Gasteiger partial charge in [0.05, 0.1) is 11.3 Å². The Balaban J connectivity index is 1.72. The topological polar surface area (TPSA) is 59.8 Å². The van der Waals surface area contributed by atoms with Crippen molar-refractivity contribution < 1.29 is 18.0 Å². The number of aromatic nitrogens is 3. The molecular formula is C17H13F3N4O. The molecule has 3 aromatic rings. The van der Waals surface area contributed by atoms with Crippen LogP contribution in [-0.2, 0) is 6.18 Å². The van der Waals surface area contributed by atoms with Crippen LogP contribution in [0.1, 0.15) is 21.7 Å². The first kappa shape index (κ1) is 16.7. The zero-order valence-corrected chi connectivity index (χ0v) is 13.1. The SMILES string of the molecule is Cc1ccc(-n2cnc(C(=O)Nc3ccc(C(F)(F)F)cc3)n2)cc1. The van der Waals surface area contributed by atoms with E-state index >= 15 is 0 Å². The second kappa shape index (κ2) is 6.39. The summed E-state index contributed by atoms with van der Waals surface area (Å²) in [5.41, 5.74) is 1.27. The highest BCUT2D eigenvalue weighted by molar-refractivity contribution is 6.01. The van der Waals surface area contributed by atoms with Gasteiger partial charge in [0, 0.05) is 5.69 Å². The highest BCUT2D eigenvalue weighted by Crippen LogP contribution is 2.29. The quantitative estimate of drug-likeness (QED) is 0.784. The van der Waals surface area contributed by atoms with E-state index < -0.39 is 17.6 Å². The number of carbonyl (C=O) groups is 1. The fraction of sp³-hybridized carbons (Fsp3) is 0.118. The Hall–Kier alpha value is -3.16. The molecule has 25 heavy (non-hydrogen) atoms. The van der Waals surface area contributed by atoms with Crippen molar-refractivity contribution in [3.63, 3.8) is 0 Å². The molecule has 0 aliphatic rings. The maximum atomic E-state index is 12.5. The molecule has 5 nitrogen and oxygen atoms in total. The number of halogens is 3. The van der Waals surface area contributed by atoms with Crippen molar-refractivity contribution in [2.24, 2.45) is 0 Å². The summed E-state index contributed by atoms with van der Waals surface area (Å²) in [6.07, 6.45) is -3.02. The molecule has 1 N–H and O–H groups in total. The molecule has 1 aromatic heterocycles. The third kappa shape index (κ3) is 3.85. The van der Waals surface area contributed by atoms with Crippen LogP contribution in [0.15, 0.2) is 54.9 Å². The van der Waals surface area contributed by atoms with E-state index in [0.29, 0.717) is 0 Å². The number of hydrogen-bond acceptors (Lipinski definition) is 3. The van der Waals surface area contributed by atoms with Crippen molar-refractivity contribution in [1.82, 2.24) is 14.8 Å². The highest BCUT2D eigenvalue weighted by atomic mass is 19.4. The second-order valence-corrected chi connectivity index (χ2v) is 5.38. The van der Waals surface area contributed by atoms with Gasteiger partial charge < -0.3 is 5.32 Å². The summed E-state index contributed by atoms with van der Waals surface area (Å²) >= 11 is 0. The molecule has 1 heterocycles. The average molecular weight is 346 g/mol. The van der Waals surface area contributed by atoms with Gasteiger partial charge in [0.25, 0.3) is 5.91 Å². The van der Waals surface area contributed by atoms with Crippen LogP contribution in [0, 0.1) is 6.92 Å². The Labute approximate surface area is 141 Å². The largest absolute Gasteiger partial charge is 0.416 e. The Morgan fingerprint density at radius 2 is 1.68 bits per heavy atom. The molecule has 0 fully saturated rings. The molecule has 3 rings (SSSR count). The lowest BCUT2D eigenvalue weighted by Crippen LogP contribution is -2.14. The highest BCUT2D eigenvalue weighted by Gasteiger charge is 2.30. The second-order valence-electron chi connectivity index (χ2n) is 5.38. The molecule has 8 heteroatoms. The fourth-order valence-electron chi connectivity index (χ4n) is 2.12. The normalized spacial score (nSPS) is 11.4. The molecule has 0 atom stereocenters. The molecule has 128 valence electrons. The average Bonchev–Trinajstić information content (AvgIpc) is 3.05. The third-order valence-electron chi connectivity index (χ3n) is 3.46. The van der Waals surface area contributed by atoms with Crippen LogP contribution in [-0.4, -0.2) is 20.7 Å². The maximum absolute atomic E-state index is 12.5. The number of aryl methyl sites for hydroxylation is 1. The summed E-state index contributed by atoms with van der Waals surface area (Å²) in [5, 5.41) is 6.54. The van der Waals surface area contributed by atoms with Gasteiger partial charge in [-0.15, -0.1) is 5.10 Å². The summed E-state index contributed by atoms with van der Waals surface area (Å²) in [5.74, 6) is -0.689. The zero-order chi connectivity index (χ0) is 18.0. The number of anilines is 1. The first-order valence-corrected chi connectivity index (χ1v) is 7.30. The van der Waals surface area contributed by atoms with Crippen molar-refractivity contribution in [3.05, 3.63) is 71.8 Å². The van der Waals surface area contributed by atoms with E-state index in [-0.39, 0.29) is 11.5 Å². The van der Waals surface area contributed by atoms with Crippen molar-refractivity contribution in [2.75, 3.05) is 5.32 Å². The van der Waals surface area contributed by atoms with E-state index in [4.69, 9.17) is 0 Å². The zero-order valence-electron chi connectivity index (χ0n) is 13.1. The number of nitrogens with one attached hydrogen (secondary N) is 1. The van der Waals surface area contributed by atoms with Gasteiger partial charge in [0.2, 0.25) is 5.82 Å². The predicted molar refractivity (Wildman–Crippen MR) is 85.5 cm³/mol. The molecule has 0 saturated heterocycles. The van der Waals surface area contributed by atoms with Gasteiger partial charge in [-0.25, -0.2) is 9.67 Å². The first-order chi connectivity index (χ1) is 11.8. The molecular weight excluding hydrogens is 333 g/mol. The van der Waals surface area contributed by atoms with E-state index in [0.717, 1.165) is 23.4 Å². The number of amides is 1. The van der Waals surface area contributed by atoms with Gasteiger partial charge in [-0.2, -0.15) is 13.2 Å². The minimum absolute atomic E-state index is 0.0829. The minimum Gasteiger partial charge on any atom is -0.319 e. The third-order valence-corrected chi connectivity index (χ3v) is 3.46. The smallest absolute Gasteiger partial charge is 0.319 e. The van der Waals surface area contributed by atoms with Crippen molar-refractivity contribution in [1.29, 1.82) is 0 Å². The molecule has 0 unspecified atom stereocenters. The molecule has 0 bridgehead atoms. The van der Waals surface area contributed by atoms with E-state index in [1.807, 2.05) is 31.2 Å². The van der Waals surface area contributed by atoms with Crippen LogP contribution in [0.25, 0.3) is 5.69 Å². The predicted octanol–water partition coefficient (Wildman–Crippen LogP) is 3.85. The minimum atomic E-state index is -4.42. The van der Waals surface area contributed by atoms with Crippen LogP contribution in [0.5, 0.6) is 0 Å². The lowest BCUT2D eigenvalue weighted by atomic mass is 10.2. The number of carbonyl (C=O) groups excluding carboxylic acids is 1. The maximum Gasteiger partial charge on any atom is 0.416 e. The molecule has 0 radical (unpaired) electrons. The number of benzene rings is 2. The Kier molecular flexibility index (Phi) is 4.26. The van der Waals surface area contributed by atoms with E-state index in [1.165, 1.54) is 23.1 Å². The summed E-state index contributed by atoms with van der Waals surface area (Å²) in [6.45, 7) is 1.95. The lowest BCUT2D eigenvalue weighted by molar-refractivity contribution is -0.137.